The van der Waals surface area contributed by atoms with Crippen molar-refractivity contribution in [1.29, 1.82) is 5.26 Å². The molecule has 0 saturated heterocycles. The van der Waals surface area contributed by atoms with E-state index in [1.165, 1.54) is 13.1 Å². The first-order valence-electron chi connectivity index (χ1n) is 6.32. The summed E-state index contributed by atoms with van der Waals surface area (Å²) in [5.41, 5.74) is 2.14. The maximum absolute atomic E-state index is 11.7. The summed E-state index contributed by atoms with van der Waals surface area (Å²) in [6, 6.07) is 15.9. The molecule has 0 saturated carbocycles. The van der Waals surface area contributed by atoms with Crippen LogP contribution in [-0.4, -0.2) is 15.5 Å². The first kappa shape index (κ1) is 15.0. The first-order valence-corrected chi connectivity index (χ1v) is 7.80. The lowest BCUT2D eigenvalue weighted by Gasteiger charge is -2.09. The van der Waals surface area contributed by atoms with Crippen LogP contribution in [0.2, 0.25) is 0 Å². The fraction of sp³-hybridized carbons (Fsp3) is 0.133. The normalized spacial score (nSPS) is 10.9. The monoisotopic (exact) mass is 301 g/mol. The van der Waals surface area contributed by atoms with E-state index in [4.69, 9.17) is 5.26 Å². The van der Waals surface area contributed by atoms with E-state index in [1.54, 1.807) is 24.3 Å². The third-order valence-electron chi connectivity index (χ3n) is 3.03. The number of nitrogens with zero attached hydrogens (tertiary/aromatic N) is 1. The van der Waals surface area contributed by atoms with Gasteiger partial charge in [-0.2, -0.15) is 5.26 Å². The molecule has 0 unspecified atom stereocenters. The van der Waals surface area contributed by atoms with Gasteiger partial charge in [-0.25, -0.2) is 13.1 Å². The number of hydrogen-bond acceptors (Lipinski definition) is 4. The molecule has 0 aliphatic carbocycles. The van der Waals surface area contributed by atoms with Crippen molar-refractivity contribution in [3.63, 3.8) is 0 Å². The molecule has 21 heavy (non-hydrogen) atoms. The van der Waals surface area contributed by atoms with Crippen LogP contribution in [0.1, 0.15) is 11.1 Å². The van der Waals surface area contributed by atoms with E-state index >= 15 is 0 Å². The average molecular weight is 301 g/mol. The molecule has 6 heteroatoms. The van der Waals surface area contributed by atoms with E-state index in [0.717, 1.165) is 5.56 Å². The van der Waals surface area contributed by atoms with Crippen molar-refractivity contribution >= 4 is 15.7 Å². The van der Waals surface area contributed by atoms with Gasteiger partial charge in [-0.1, -0.05) is 24.3 Å². The lowest BCUT2D eigenvalue weighted by Crippen LogP contribution is -2.18. The Labute approximate surface area is 124 Å². The molecule has 0 bridgehead atoms. The lowest BCUT2D eigenvalue weighted by molar-refractivity contribution is 0.588. The van der Waals surface area contributed by atoms with Crippen LogP contribution in [0.3, 0.4) is 0 Å². The van der Waals surface area contributed by atoms with Gasteiger partial charge in [-0.15, -0.1) is 0 Å². The van der Waals surface area contributed by atoms with Gasteiger partial charge in [0.25, 0.3) is 0 Å². The highest BCUT2D eigenvalue weighted by atomic mass is 32.2. The van der Waals surface area contributed by atoms with E-state index in [2.05, 4.69) is 16.1 Å². The molecule has 0 atom stereocenters. The van der Waals surface area contributed by atoms with Crippen LogP contribution < -0.4 is 10.0 Å². The summed E-state index contributed by atoms with van der Waals surface area (Å²) < 4.78 is 25.8. The number of nitriles is 1. The Balaban J connectivity index is 2.18. The molecule has 0 aromatic heterocycles. The van der Waals surface area contributed by atoms with Gasteiger partial charge in [0.15, 0.2) is 0 Å². The standard InChI is InChI=1S/C15H15N3O2S/c1-17-21(19,20)15-8-4-7-14(9-15)18-11-13-6-3-2-5-12(13)10-16/h2-9,17-18H,11H2,1H3. The van der Waals surface area contributed by atoms with Crippen LogP contribution in [0.4, 0.5) is 5.69 Å². The van der Waals surface area contributed by atoms with Gasteiger partial charge in [-0.05, 0) is 36.9 Å². The summed E-state index contributed by atoms with van der Waals surface area (Å²) in [5, 5.41) is 12.2. The molecule has 5 nitrogen and oxygen atoms in total. The molecule has 2 aromatic rings. The number of sulfonamides is 1. The summed E-state index contributed by atoms with van der Waals surface area (Å²) >= 11 is 0. The third kappa shape index (κ3) is 3.60. The van der Waals surface area contributed by atoms with Crippen molar-refractivity contribution < 1.29 is 8.42 Å². The van der Waals surface area contributed by atoms with Gasteiger partial charge in [0.1, 0.15) is 0 Å². The molecular weight excluding hydrogens is 286 g/mol. The predicted molar refractivity (Wildman–Crippen MR) is 81.2 cm³/mol. The number of anilines is 1. The minimum Gasteiger partial charge on any atom is -0.381 e. The molecule has 2 aromatic carbocycles. The zero-order valence-electron chi connectivity index (χ0n) is 11.5. The minimum atomic E-state index is -3.46. The summed E-state index contributed by atoms with van der Waals surface area (Å²) in [4.78, 5) is 0.198. The number of benzene rings is 2. The molecule has 0 fully saturated rings. The zero-order valence-corrected chi connectivity index (χ0v) is 12.3. The Bertz CT molecular complexity index is 780. The van der Waals surface area contributed by atoms with Gasteiger partial charge < -0.3 is 5.32 Å². The third-order valence-corrected chi connectivity index (χ3v) is 4.45. The summed E-state index contributed by atoms with van der Waals surface area (Å²) in [6.45, 7) is 0.451. The molecule has 0 aliphatic heterocycles. The number of hydrogen-bond donors (Lipinski definition) is 2. The lowest BCUT2D eigenvalue weighted by atomic mass is 10.1. The average Bonchev–Trinajstić information content (AvgIpc) is 2.53. The van der Waals surface area contributed by atoms with E-state index in [1.807, 2.05) is 18.2 Å². The predicted octanol–water partition coefficient (Wildman–Crippen LogP) is 2.08. The Morgan fingerprint density at radius 2 is 1.90 bits per heavy atom. The second-order valence-corrected chi connectivity index (χ2v) is 6.24. The van der Waals surface area contributed by atoms with Crippen LogP contribution in [-0.2, 0) is 16.6 Å². The maximum Gasteiger partial charge on any atom is 0.240 e. The van der Waals surface area contributed by atoms with Crippen molar-refractivity contribution in [3.05, 3.63) is 59.7 Å². The molecule has 2 rings (SSSR count). The van der Waals surface area contributed by atoms with Crippen LogP contribution >= 0.6 is 0 Å². The number of nitrogens with one attached hydrogen (secondary N) is 2. The van der Waals surface area contributed by atoms with E-state index in [9.17, 15) is 8.42 Å². The Morgan fingerprint density at radius 3 is 2.62 bits per heavy atom. The van der Waals surface area contributed by atoms with Crippen molar-refractivity contribution in [2.45, 2.75) is 11.4 Å². The van der Waals surface area contributed by atoms with Gasteiger partial charge >= 0.3 is 0 Å². The molecule has 2 N–H and O–H groups in total. The summed E-state index contributed by atoms with van der Waals surface area (Å²) in [6.07, 6.45) is 0. The largest absolute Gasteiger partial charge is 0.381 e. The highest BCUT2D eigenvalue weighted by Crippen LogP contribution is 2.17. The highest BCUT2D eigenvalue weighted by Gasteiger charge is 2.11. The van der Waals surface area contributed by atoms with Gasteiger partial charge in [0.2, 0.25) is 10.0 Å². The molecule has 0 amide bonds. The fourth-order valence-electron chi connectivity index (χ4n) is 1.87. The fourth-order valence-corrected chi connectivity index (χ4v) is 2.65. The van der Waals surface area contributed by atoms with Crippen molar-refractivity contribution in [3.8, 4) is 6.07 Å². The Morgan fingerprint density at radius 1 is 1.14 bits per heavy atom. The van der Waals surface area contributed by atoms with Crippen LogP contribution in [0, 0.1) is 11.3 Å². The number of rotatable bonds is 5. The topological polar surface area (TPSA) is 82.0 Å². The molecule has 108 valence electrons. The molecule has 0 spiro atoms. The van der Waals surface area contributed by atoms with Gasteiger partial charge in [0.05, 0.1) is 16.5 Å². The summed E-state index contributed by atoms with van der Waals surface area (Å²) in [5.74, 6) is 0. The maximum atomic E-state index is 11.7. The molecule has 0 aliphatic rings. The van der Waals surface area contributed by atoms with Crippen LogP contribution in [0.15, 0.2) is 53.4 Å². The quantitative estimate of drug-likeness (QED) is 0.886. The van der Waals surface area contributed by atoms with E-state index < -0.39 is 10.0 Å². The SMILES string of the molecule is CNS(=O)(=O)c1cccc(NCc2ccccc2C#N)c1. The second kappa shape index (κ2) is 6.39. The van der Waals surface area contributed by atoms with Crippen molar-refractivity contribution in [2.75, 3.05) is 12.4 Å². The van der Waals surface area contributed by atoms with E-state index in [0.29, 0.717) is 17.8 Å². The Hall–Kier alpha value is -2.36. The summed E-state index contributed by atoms with van der Waals surface area (Å²) in [7, 11) is -2.09. The molecule has 0 radical (unpaired) electrons. The zero-order chi connectivity index (χ0) is 15.3. The Kier molecular flexibility index (Phi) is 4.58. The van der Waals surface area contributed by atoms with Crippen LogP contribution in [0.25, 0.3) is 0 Å². The molecular formula is C15H15N3O2S. The van der Waals surface area contributed by atoms with Gasteiger partial charge in [0, 0.05) is 12.2 Å². The van der Waals surface area contributed by atoms with Gasteiger partial charge in [-0.3, -0.25) is 0 Å². The van der Waals surface area contributed by atoms with E-state index in [-0.39, 0.29) is 4.90 Å². The smallest absolute Gasteiger partial charge is 0.240 e. The highest BCUT2D eigenvalue weighted by molar-refractivity contribution is 7.89. The van der Waals surface area contributed by atoms with Crippen LogP contribution in [0.5, 0.6) is 0 Å². The molecule has 0 heterocycles. The van der Waals surface area contributed by atoms with Crippen molar-refractivity contribution in [1.82, 2.24) is 4.72 Å². The minimum absolute atomic E-state index is 0.198. The second-order valence-electron chi connectivity index (χ2n) is 4.36. The first-order chi connectivity index (χ1) is 10.1. The van der Waals surface area contributed by atoms with Crippen molar-refractivity contribution in [2.24, 2.45) is 0 Å².